The number of aryl methyl sites for hydroxylation is 1. The Balaban J connectivity index is 2.18. The summed E-state index contributed by atoms with van der Waals surface area (Å²) in [5, 5.41) is 1.23. The Labute approximate surface area is 181 Å². The molecule has 0 fully saturated rings. The summed E-state index contributed by atoms with van der Waals surface area (Å²) in [4.78, 5) is 12.1. The summed E-state index contributed by atoms with van der Waals surface area (Å²) in [7, 11) is -1.44. The van der Waals surface area contributed by atoms with E-state index in [0.717, 1.165) is 12.8 Å². The molecule has 0 N–H and O–H groups in total. The van der Waals surface area contributed by atoms with Crippen LogP contribution in [0.5, 0.6) is 0 Å². The normalized spacial score (nSPS) is 12.1. The minimum Gasteiger partial charge on any atom is -0.474 e. The molecule has 0 aliphatic carbocycles. The Bertz CT molecular complexity index is 561. The van der Waals surface area contributed by atoms with Crippen molar-refractivity contribution in [2.24, 2.45) is 0 Å². The summed E-state index contributed by atoms with van der Waals surface area (Å²) in [6.45, 7) is 9.15. The average Bonchev–Trinajstić information content (AvgIpc) is 3.22. The lowest BCUT2D eigenvalue weighted by Crippen LogP contribution is -2.44. The highest BCUT2D eigenvalue weighted by Gasteiger charge is 2.32. The lowest BCUT2D eigenvalue weighted by Gasteiger charge is -2.24. The zero-order valence-corrected chi connectivity index (χ0v) is 20.7. The number of furan rings is 1. The van der Waals surface area contributed by atoms with E-state index < -0.39 is 8.07 Å². The fourth-order valence-corrected chi connectivity index (χ4v) is 7.54. The maximum absolute atomic E-state index is 12.1. The van der Waals surface area contributed by atoms with Crippen molar-refractivity contribution in [1.82, 2.24) is 0 Å². The van der Waals surface area contributed by atoms with Gasteiger partial charge in [-0.1, -0.05) is 103 Å². The molecule has 0 atom stereocenters. The molecule has 0 aliphatic heterocycles. The Morgan fingerprint density at radius 3 is 2.07 bits per heavy atom. The van der Waals surface area contributed by atoms with E-state index in [4.69, 9.17) is 4.42 Å². The predicted molar refractivity (Wildman–Crippen MR) is 130 cm³/mol. The molecule has 0 bridgehead atoms. The lowest BCUT2D eigenvalue weighted by molar-refractivity contribution is -0.114. The monoisotopic (exact) mass is 418 g/mol. The SMILES string of the molecule is CCCCCCCCCCCC=CC(=O)CCc1coc([Si](CC)(CC)CC)c1. The average molecular weight is 419 g/mol. The number of carbonyl (C=O) groups is 1. The quantitative estimate of drug-likeness (QED) is 0.137. The van der Waals surface area contributed by atoms with Gasteiger partial charge in [0.25, 0.3) is 0 Å². The molecule has 0 spiro atoms. The Morgan fingerprint density at radius 1 is 0.897 bits per heavy atom. The van der Waals surface area contributed by atoms with E-state index >= 15 is 0 Å². The topological polar surface area (TPSA) is 30.2 Å². The van der Waals surface area contributed by atoms with E-state index in [9.17, 15) is 4.79 Å². The van der Waals surface area contributed by atoms with Crippen molar-refractivity contribution in [2.45, 2.75) is 123 Å². The van der Waals surface area contributed by atoms with E-state index in [2.05, 4.69) is 39.8 Å². The summed E-state index contributed by atoms with van der Waals surface area (Å²) in [6, 6.07) is 5.93. The maximum atomic E-state index is 12.1. The first kappa shape index (κ1) is 25.9. The molecule has 2 nitrogen and oxygen atoms in total. The second-order valence-corrected chi connectivity index (χ2v) is 13.8. The third-order valence-corrected chi connectivity index (χ3v) is 12.0. The molecule has 1 rings (SSSR count). The van der Waals surface area contributed by atoms with Crippen LogP contribution in [0.15, 0.2) is 28.9 Å². The van der Waals surface area contributed by atoms with Crippen LogP contribution in [0.1, 0.15) is 104 Å². The van der Waals surface area contributed by atoms with Gasteiger partial charge in [0.15, 0.2) is 5.78 Å². The Kier molecular flexibility index (Phi) is 14.1. The zero-order valence-electron chi connectivity index (χ0n) is 19.7. The lowest BCUT2D eigenvalue weighted by atomic mass is 10.1. The van der Waals surface area contributed by atoms with Crippen molar-refractivity contribution in [2.75, 3.05) is 0 Å². The Hall–Kier alpha value is -1.09. The summed E-state index contributed by atoms with van der Waals surface area (Å²) in [5.74, 6) is 0.244. The van der Waals surface area contributed by atoms with Crippen LogP contribution >= 0.6 is 0 Å². The summed E-state index contributed by atoms with van der Waals surface area (Å²) < 4.78 is 5.94. The van der Waals surface area contributed by atoms with Crippen LogP contribution in [0, 0.1) is 0 Å². The van der Waals surface area contributed by atoms with Crippen molar-refractivity contribution in [3.8, 4) is 0 Å². The van der Waals surface area contributed by atoms with Gasteiger partial charge in [-0.05, 0) is 37.0 Å². The molecule has 166 valence electrons. The molecule has 0 saturated heterocycles. The van der Waals surface area contributed by atoms with E-state index in [1.165, 1.54) is 86.9 Å². The first-order valence-corrected chi connectivity index (χ1v) is 15.0. The molecule has 0 saturated carbocycles. The first-order chi connectivity index (χ1) is 14.1. The molecule has 0 amide bonds. The van der Waals surface area contributed by atoms with Crippen molar-refractivity contribution < 1.29 is 9.21 Å². The van der Waals surface area contributed by atoms with Crippen molar-refractivity contribution >= 4 is 19.2 Å². The smallest absolute Gasteiger partial charge is 0.155 e. The predicted octanol–water partition coefficient (Wildman–Crippen LogP) is 7.97. The number of ketones is 1. The number of hydrogen-bond donors (Lipinski definition) is 0. The van der Waals surface area contributed by atoms with E-state index in [1.807, 2.05) is 6.26 Å². The fraction of sp³-hybridized carbons (Fsp3) is 0.731. The zero-order chi connectivity index (χ0) is 21.4. The molecule has 1 heterocycles. The molecular weight excluding hydrogens is 372 g/mol. The van der Waals surface area contributed by atoms with Crippen LogP contribution in [-0.2, 0) is 11.2 Å². The van der Waals surface area contributed by atoms with E-state index in [1.54, 1.807) is 6.08 Å². The van der Waals surface area contributed by atoms with E-state index in [-0.39, 0.29) is 5.78 Å². The van der Waals surface area contributed by atoms with Crippen molar-refractivity contribution in [1.29, 1.82) is 0 Å². The molecular formula is C26H46O2Si. The highest BCUT2D eigenvalue weighted by molar-refractivity contribution is 6.90. The van der Waals surface area contributed by atoms with Gasteiger partial charge >= 0.3 is 0 Å². The van der Waals surface area contributed by atoms with Gasteiger partial charge < -0.3 is 4.42 Å². The maximum Gasteiger partial charge on any atom is 0.155 e. The summed E-state index contributed by atoms with van der Waals surface area (Å²) >= 11 is 0. The van der Waals surface area contributed by atoms with Gasteiger partial charge in [-0.25, -0.2) is 0 Å². The van der Waals surface area contributed by atoms with Gasteiger partial charge in [0, 0.05) is 6.42 Å². The number of carbonyl (C=O) groups excluding carboxylic acids is 1. The Morgan fingerprint density at radius 2 is 1.48 bits per heavy atom. The van der Waals surface area contributed by atoms with Crippen LogP contribution in [-0.4, -0.2) is 13.9 Å². The number of unbranched alkanes of at least 4 members (excludes halogenated alkanes) is 9. The molecule has 0 unspecified atom stereocenters. The largest absolute Gasteiger partial charge is 0.474 e. The minimum absolute atomic E-state index is 0.244. The third kappa shape index (κ3) is 9.97. The molecule has 0 radical (unpaired) electrons. The van der Waals surface area contributed by atoms with Crippen molar-refractivity contribution in [3.05, 3.63) is 30.0 Å². The van der Waals surface area contributed by atoms with Gasteiger partial charge in [-0.15, -0.1) is 0 Å². The molecule has 1 aromatic rings. The first-order valence-electron chi connectivity index (χ1n) is 12.4. The number of allylic oxidation sites excluding steroid dienone is 2. The highest BCUT2D eigenvalue weighted by Crippen LogP contribution is 2.21. The fourth-order valence-electron chi connectivity index (χ4n) is 4.20. The molecule has 29 heavy (non-hydrogen) atoms. The van der Waals surface area contributed by atoms with Crippen LogP contribution in [0.2, 0.25) is 18.1 Å². The summed E-state index contributed by atoms with van der Waals surface area (Å²) in [6.07, 6.45) is 20.3. The summed E-state index contributed by atoms with van der Waals surface area (Å²) in [5.41, 5.74) is 1.19. The minimum atomic E-state index is -1.44. The highest BCUT2D eigenvalue weighted by atomic mass is 28.3. The standard InChI is InChI=1S/C26H46O2Si/c1-5-9-10-11-12-13-14-15-16-17-18-19-25(27)21-20-24-22-26(28-23-24)29(6-2,7-3)8-4/h18-19,22-23H,5-17,20-21H2,1-4H3. The molecule has 3 heteroatoms. The van der Waals surface area contributed by atoms with Crippen LogP contribution in [0.3, 0.4) is 0 Å². The van der Waals surface area contributed by atoms with Gasteiger partial charge in [0.1, 0.15) is 8.07 Å². The van der Waals surface area contributed by atoms with Crippen LogP contribution in [0.25, 0.3) is 0 Å². The molecule has 0 aliphatic rings. The number of rotatable bonds is 18. The van der Waals surface area contributed by atoms with Gasteiger partial charge in [-0.2, -0.15) is 0 Å². The van der Waals surface area contributed by atoms with Crippen LogP contribution < -0.4 is 5.38 Å². The van der Waals surface area contributed by atoms with Gasteiger partial charge in [0.05, 0.1) is 11.6 Å². The van der Waals surface area contributed by atoms with Gasteiger partial charge in [-0.3, -0.25) is 4.79 Å². The van der Waals surface area contributed by atoms with E-state index in [0.29, 0.717) is 6.42 Å². The van der Waals surface area contributed by atoms with Gasteiger partial charge in [0.2, 0.25) is 0 Å². The second kappa shape index (κ2) is 15.7. The third-order valence-electron chi connectivity index (χ3n) is 6.64. The molecule has 0 aromatic carbocycles. The second-order valence-electron chi connectivity index (χ2n) is 8.65. The number of hydrogen-bond acceptors (Lipinski definition) is 2. The molecule has 1 aromatic heterocycles. The van der Waals surface area contributed by atoms with Crippen molar-refractivity contribution in [3.63, 3.8) is 0 Å². The van der Waals surface area contributed by atoms with Crippen LogP contribution in [0.4, 0.5) is 0 Å².